The van der Waals surface area contributed by atoms with Gasteiger partial charge in [-0.2, -0.15) is 13.2 Å². The second-order valence-corrected chi connectivity index (χ2v) is 5.92. The lowest BCUT2D eigenvalue weighted by atomic mass is 10.0. The molecule has 0 unspecified atom stereocenters. The quantitative estimate of drug-likeness (QED) is 0.863. The van der Waals surface area contributed by atoms with Crippen LogP contribution in [0.2, 0.25) is 0 Å². The summed E-state index contributed by atoms with van der Waals surface area (Å²) in [5.41, 5.74) is 5.89. The van der Waals surface area contributed by atoms with Crippen molar-refractivity contribution < 1.29 is 18.0 Å². The van der Waals surface area contributed by atoms with Gasteiger partial charge < -0.3 is 10.6 Å². The van der Waals surface area contributed by atoms with Gasteiger partial charge in [0.05, 0.1) is 5.56 Å². The van der Waals surface area contributed by atoms with E-state index in [1.807, 2.05) is 30.3 Å². The monoisotopic (exact) mass is 350 g/mol. The first-order chi connectivity index (χ1) is 11.8. The molecule has 0 aliphatic carbocycles. The molecule has 3 nitrogen and oxygen atoms in total. The molecule has 0 aliphatic rings. The number of carbonyl (C=O) groups excluding carboxylic acids is 1. The molecule has 0 fully saturated rings. The van der Waals surface area contributed by atoms with Crippen LogP contribution in [0.3, 0.4) is 0 Å². The minimum atomic E-state index is -4.48. The number of amides is 1. The fraction of sp³-hybridized carbons (Fsp3) is 0.316. The van der Waals surface area contributed by atoms with E-state index in [0.717, 1.165) is 17.7 Å². The van der Waals surface area contributed by atoms with Crippen LogP contribution in [0.15, 0.2) is 54.6 Å². The van der Waals surface area contributed by atoms with E-state index in [1.165, 1.54) is 17.0 Å². The van der Waals surface area contributed by atoms with Gasteiger partial charge in [-0.3, -0.25) is 4.79 Å². The number of alkyl halides is 3. The number of halogens is 3. The Morgan fingerprint density at radius 1 is 1.12 bits per heavy atom. The Bertz CT molecular complexity index is 701. The van der Waals surface area contributed by atoms with Crippen LogP contribution in [0, 0.1) is 0 Å². The normalized spacial score (nSPS) is 12.7. The first kappa shape index (κ1) is 19.0. The molecule has 0 saturated carbocycles. The van der Waals surface area contributed by atoms with Gasteiger partial charge >= 0.3 is 6.18 Å². The molecular formula is C19H21F3N2O. The number of hydrogen-bond donors (Lipinski definition) is 1. The van der Waals surface area contributed by atoms with Gasteiger partial charge in [0.15, 0.2) is 0 Å². The molecule has 0 saturated heterocycles. The zero-order valence-corrected chi connectivity index (χ0v) is 14.0. The highest BCUT2D eigenvalue weighted by molar-refractivity contribution is 5.94. The molecule has 6 heteroatoms. The summed E-state index contributed by atoms with van der Waals surface area (Å²) < 4.78 is 38.6. The van der Waals surface area contributed by atoms with E-state index >= 15 is 0 Å². The van der Waals surface area contributed by atoms with Gasteiger partial charge in [0.25, 0.3) is 5.91 Å². The van der Waals surface area contributed by atoms with E-state index in [0.29, 0.717) is 19.4 Å². The predicted molar refractivity (Wildman–Crippen MR) is 91.1 cm³/mol. The van der Waals surface area contributed by atoms with Crippen molar-refractivity contribution in [3.05, 3.63) is 71.3 Å². The Balaban J connectivity index is 2.20. The molecule has 0 radical (unpaired) electrons. The van der Waals surface area contributed by atoms with E-state index < -0.39 is 17.6 Å². The fourth-order valence-electron chi connectivity index (χ4n) is 2.71. The number of nitrogens with two attached hydrogens (primary N) is 1. The number of hydrogen-bond acceptors (Lipinski definition) is 2. The number of nitrogens with zero attached hydrogens (tertiary/aromatic N) is 1. The van der Waals surface area contributed by atoms with Crippen LogP contribution in [0.25, 0.3) is 0 Å². The Morgan fingerprint density at radius 2 is 1.80 bits per heavy atom. The van der Waals surface area contributed by atoms with Gasteiger partial charge in [-0.25, -0.2) is 0 Å². The highest BCUT2D eigenvalue weighted by Gasteiger charge is 2.31. The topological polar surface area (TPSA) is 46.3 Å². The van der Waals surface area contributed by atoms with Crippen LogP contribution >= 0.6 is 0 Å². The molecular weight excluding hydrogens is 329 g/mol. The van der Waals surface area contributed by atoms with Crippen molar-refractivity contribution in [1.82, 2.24) is 4.90 Å². The molecule has 1 atom stereocenters. The number of likely N-dealkylation sites (N-methyl/N-ethyl adjacent to an activating group) is 1. The second-order valence-electron chi connectivity index (χ2n) is 5.92. The van der Waals surface area contributed by atoms with E-state index in [2.05, 4.69) is 0 Å². The van der Waals surface area contributed by atoms with Gasteiger partial charge in [0.2, 0.25) is 0 Å². The predicted octanol–water partition coefficient (Wildman–Crippen LogP) is 3.74. The molecule has 0 aliphatic heterocycles. The van der Waals surface area contributed by atoms with Gasteiger partial charge in [-0.05, 0) is 43.1 Å². The van der Waals surface area contributed by atoms with Gasteiger partial charge in [-0.15, -0.1) is 0 Å². The van der Waals surface area contributed by atoms with E-state index in [1.54, 1.807) is 7.05 Å². The average molecular weight is 350 g/mol. The van der Waals surface area contributed by atoms with Crippen LogP contribution in [-0.2, 0) is 12.6 Å². The minimum Gasteiger partial charge on any atom is -0.338 e. The maximum absolute atomic E-state index is 12.9. The van der Waals surface area contributed by atoms with E-state index in [9.17, 15) is 18.0 Å². The largest absolute Gasteiger partial charge is 0.416 e. The van der Waals surface area contributed by atoms with Crippen molar-refractivity contribution in [2.45, 2.75) is 25.1 Å². The van der Waals surface area contributed by atoms with Crippen molar-refractivity contribution in [3.8, 4) is 0 Å². The Hall–Kier alpha value is -2.34. The van der Waals surface area contributed by atoms with E-state index in [-0.39, 0.29) is 11.6 Å². The number of rotatable bonds is 6. The van der Waals surface area contributed by atoms with Crippen LogP contribution in [0.1, 0.15) is 27.9 Å². The maximum atomic E-state index is 12.9. The standard InChI is InChI=1S/C19H21F3N2O/c1-24(17(10-11-23)12-14-6-3-2-4-7-14)18(25)15-8-5-9-16(13-15)19(20,21)22/h2-9,13,17H,10-12,23H2,1H3/t17-/m1/s1. The van der Waals surface area contributed by atoms with Crippen molar-refractivity contribution in [1.29, 1.82) is 0 Å². The van der Waals surface area contributed by atoms with Crippen LogP contribution in [0.4, 0.5) is 13.2 Å². The molecule has 0 spiro atoms. The molecule has 0 bridgehead atoms. The molecule has 1 amide bonds. The summed E-state index contributed by atoms with van der Waals surface area (Å²) in [6.07, 6.45) is -3.31. The average Bonchev–Trinajstić information content (AvgIpc) is 2.60. The van der Waals surface area contributed by atoms with Gasteiger partial charge in [0, 0.05) is 18.7 Å². The summed E-state index contributed by atoms with van der Waals surface area (Å²) >= 11 is 0. The van der Waals surface area contributed by atoms with Crippen molar-refractivity contribution in [2.75, 3.05) is 13.6 Å². The summed E-state index contributed by atoms with van der Waals surface area (Å²) in [7, 11) is 1.60. The van der Waals surface area contributed by atoms with Crippen molar-refractivity contribution >= 4 is 5.91 Å². The smallest absolute Gasteiger partial charge is 0.338 e. The van der Waals surface area contributed by atoms with Crippen molar-refractivity contribution in [3.63, 3.8) is 0 Å². The van der Waals surface area contributed by atoms with Crippen LogP contribution in [0.5, 0.6) is 0 Å². The van der Waals surface area contributed by atoms with Gasteiger partial charge in [-0.1, -0.05) is 36.4 Å². The zero-order chi connectivity index (χ0) is 18.4. The lowest BCUT2D eigenvalue weighted by Crippen LogP contribution is -2.40. The third-order valence-corrected chi connectivity index (χ3v) is 4.12. The number of benzene rings is 2. The maximum Gasteiger partial charge on any atom is 0.416 e. The zero-order valence-electron chi connectivity index (χ0n) is 14.0. The molecule has 2 aromatic rings. The third kappa shape index (κ3) is 5.06. The molecule has 25 heavy (non-hydrogen) atoms. The molecule has 2 aromatic carbocycles. The summed E-state index contributed by atoms with van der Waals surface area (Å²) in [4.78, 5) is 14.1. The third-order valence-electron chi connectivity index (χ3n) is 4.12. The fourth-order valence-corrected chi connectivity index (χ4v) is 2.71. The van der Waals surface area contributed by atoms with E-state index in [4.69, 9.17) is 5.73 Å². The molecule has 134 valence electrons. The number of carbonyl (C=O) groups is 1. The van der Waals surface area contributed by atoms with Crippen LogP contribution < -0.4 is 5.73 Å². The summed E-state index contributed by atoms with van der Waals surface area (Å²) in [5, 5.41) is 0. The van der Waals surface area contributed by atoms with Gasteiger partial charge in [0.1, 0.15) is 0 Å². The highest BCUT2D eigenvalue weighted by atomic mass is 19.4. The Morgan fingerprint density at radius 3 is 2.40 bits per heavy atom. The minimum absolute atomic E-state index is 0.0207. The van der Waals surface area contributed by atoms with Crippen molar-refractivity contribution in [2.24, 2.45) is 5.73 Å². The summed E-state index contributed by atoms with van der Waals surface area (Å²) in [5.74, 6) is -0.444. The second kappa shape index (κ2) is 8.16. The Labute approximate surface area is 145 Å². The molecule has 0 heterocycles. The van der Waals surface area contributed by atoms with Crippen LogP contribution in [-0.4, -0.2) is 30.4 Å². The molecule has 2 rings (SSSR count). The molecule has 2 N–H and O–H groups in total. The molecule has 0 aromatic heterocycles. The summed E-state index contributed by atoms with van der Waals surface area (Å²) in [6, 6.07) is 13.9. The lowest BCUT2D eigenvalue weighted by Gasteiger charge is -2.28. The highest BCUT2D eigenvalue weighted by Crippen LogP contribution is 2.30. The first-order valence-corrected chi connectivity index (χ1v) is 8.01. The SMILES string of the molecule is CN(C(=O)c1cccc(C(F)(F)F)c1)[C@H](CCN)Cc1ccccc1. The Kier molecular flexibility index (Phi) is 6.20. The first-order valence-electron chi connectivity index (χ1n) is 8.01. The summed E-state index contributed by atoms with van der Waals surface area (Å²) in [6.45, 7) is 0.387. The lowest BCUT2D eigenvalue weighted by molar-refractivity contribution is -0.137.